The molecule has 0 aliphatic carbocycles. The topological polar surface area (TPSA) is 38.7 Å². The molecule has 2 aliphatic heterocycles. The van der Waals surface area contributed by atoms with E-state index in [9.17, 15) is 5.11 Å². The third-order valence-electron chi connectivity index (χ3n) is 6.64. The van der Waals surface area contributed by atoms with E-state index in [1.165, 1.54) is 12.8 Å². The number of aryl methyl sites for hydroxylation is 2. The van der Waals surface area contributed by atoms with Gasteiger partial charge < -0.3 is 5.11 Å². The molecule has 2 saturated heterocycles. The summed E-state index contributed by atoms with van der Waals surface area (Å²) in [7, 11) is 2.22. The maximum absolute atomic E-state index is 13.2. The number of rotatable bonds is 4. The van der Waals surface area contributed by atoms with Crippen LogP contribution in [-0.2, 0) is 0 Å². The lowest BCUT2D eigenvalue weighted by atomic mass is 9.78. The summed E-state index contributed by atoms with van der Waals surface area (Å²) in [5.41, 5.74) is 3.92. The van der Waals surface area contributed by atoms with Crippen molar-refractivity contribution in [2.75, 3.05) is 7.05 Å². The monoisotopic (exact) mass is 347 g/mol. The number of benzene rings is 2. The van der Waals surface area contributed by atoms with E-state index in [0.29, 0.717) is 6.04 Å². The van der Waals surface area contributed by atoms with Crippen molar-refractivity contribution in [1.82, 2.24) is 4.90 Å². The van der Waals surface area contributed by atoms with Gasteiger partial charge in [0, 0.05) is 11.6 Å². The quantitative estimate of drug-likeness (QED) is 0.624. The van der Waals surface area contributed by atoms with E-state index in [1.807, 2.05) is 38.1 Å². The number of hydrogen-bond acceptors (Lipinski definition) is 3. The van der Waals surface area contributed by atoms with E-state index in [2.05, 4.69) is 36.2 Å². The standard InChI is InChI=1S/C23H28N2O/c1-16-8-7-9-17(2)20(16)22(26)24-21(18-10-5-4-6-11-18)23-14-12-19(13-15-23)25(23)3/h4-11,19,21H,12-15H2,1-3H3,(H,24,26)/p-1. The summed E-state index contributed by atoms with van der Waals surface area (Å²) in [5.74, 6) is -0.0763. The number of aliphatic imine (C=N–C) groups is 1. The van der Waals surface area contributed by atoms with Crippen LogP contribution in [-0.4, -0.2) is 29.4 Å². The first kappa shape index (κ1) is 17.3. The van der Waals surface area contributed by atoms with Gasteiger partial charge in [-0.05, 0) is 74.7 Å². The maximum Gasteiger partial charge on any atom is 0.0925 e. The molecule has 136 valence electrons. The molecule has 2 aliphatic rings. The molecule has 4 rings (SSSR count). The molecule has 26 heavy (non-hydrogen) atoms. The second-order valence-electron chi connectivity index (χ2n) is 7.96. The van der Waals surface area contributed by atoms with Crippen LogP contribution in [0.2, 0.25) is 0 Å². The lowest BCUT2D eigenvalue weighted by Crippen LogP contribution is -2.44. The van der Waals surface area contributed by atoms with E-state index in [1.54, 1.807) is 0 Å². The van der Waals surface area contributed by atoms with E-state index in [4.69, 9.17) is 4.99 Å². The second kappa shape index (κ2) is 6.55. The van der Waals surface area contributed by atoms with Gasteiger partial charge in [0.2, 0.25) is 0 Å². The van der Waals surface area contributed by atoms with E-state index in [-0.39, 0.29) is 17.5 Å². The van der Waals surface area contributed by atoms with Gasteiger partial charge in [-0.3, -0.25) is 9.89 Å². The molecule has 2 aromatic rings. The lowest BCUT2D eigenvalue weighted by molar-refractivity contribution is -0.214. The van der Waals surface area contributed by atoms with Crippen molar-refractivity contribution >= 4 is 5.90 Å². The molecule has 0 saturated carbocycles. The van der Waals surface area contributed by atoms with E-state index < -0.39 is 0 Å². The minimum atomic E-state index is -0.104. The van der Waals surface area contributed by atoms with Gasteiger partial charge in [0.1, 0.15) is 0 Å². The van der Waals surface area contributed by atoms with Crippen molar-refractivity contribution in [3.8, 4) is 0 Å². The molecule has 0 spiro atoms. The Hall–Kier alpha value is -2.13. The minimum Gasteiger partial charge on any atom is -0.858 e. The fourth-order valence-electron chi connectivity index (χ4n) is 5.15. The smallest absolute Gasteiger partial charge is 0.0925 e. The fraction of sp³-hybridized carbons (Fsp3) is 0.435. The van der Waals surface area contributed by atoms with E-state index in [0.717, 1.165) is 35.1 Å². The van der Waals surface area contributed by atoms with Gasteiger partial charge in [-0.1, -0.05) is 48.5 Å². The van der Waals surface area contributed by atoms with Gasteiger partial charge in [-0.15, -0.1) is 0 Å². The van der Waals surface area contributed by atoms with Crippen molar-refractivity contribution < 1.29 is 5.11 Å². The maximum atomic E-state index is 13.2. The van der Waals surface area contributed by atoms with E-state index >= 15 is 0 Å². The van der Waals surface area contributed by atoms with Crippen LogP contribution in [0.4, 0.5) is 0 Å². The van der Waals surface area contributed by atoms with Crippen LogP contribution in [0.1, 0.15) is 54.0 Å². The molecular formula is C23H27N2O-. The Kier molecular flexibility index (Phi) is 4.36. The molecule has 0 aromatic heterocycles. The molecule has 3 nitrogen and oxygen atoms in total. The Morgan fingerprint density at radius 1 is 1.04 bits per heavy atom. The molecule has 0 radical (unpaired) electrons. The summed E-state index contributed by atoms with van der Waals surface area (Å²) >= 11 is 0. The molecule has 2 bridgehead atoms. The summed E-state index contributed by atoms with van der Waals surface area (Å²) in [6, 6.07) is 16.9. The zero-order valence-electron chi connectivity index (χ0n) is 15.9. The molecule has 3 heteroatoms. The highest BCUT2D eigenvalue weighted by Crippen LogP contribution is 2.53. The Bertz CT molecular complexity index is 799. The van der Waals surface area contributed by atoms with Crippen molar-refractivity contribution in [2.45, 2.75) is 57.2 Å². The Labute approximate surface area is 156 Å². The minimum absolute atomic E-state index is 0.0156. The molecular weight excluding hydrogens is 320 g/mol. The molecule has 1 atom stereocenters. The molecule has 1 unspecified atom stereocenters. The van der Waals surface area contributed by atoms with Crippen LogP contribution >= 0.6 is 0 Å². The molecule has 2 heterocycles. The summed E-state index contributed by atoms with van der Waals surface area (Å²) in [6.07, 6.45) is 4.67. The van der Waals surface area contributed by atoms with Gasteiger partial charge >= 0.3 is 0 Å². The number of hydrogen-bond donors (Lipinski definition) is 0. The third kappa shape index (κ3) is 2.66. The summed E-state index contributed by atoms with van der Waals surface area (Å²) in [4.78, 5) is 7.37. The number of likely N-dealkylation sites (N-methyl/N-ethyl adjacent to an activating group) is 1. The molecule has 2 fully saturated rings. The van der Waals surface area contributed by atoms with Crippen molar-refractivity contribution in [3.05, 3.63) is 70.8 Å². The lowest BCUT2D eigenvalue weighted by Gasteiger charge is -2.39. The molecule has 0 N–H and O–H groups in total. The highest BCUT2D eigenvalue weighted by Gasteiger charge is 2.54. The van der Waals surface area contributed by atoms with Crippen LogP contribution in [0.3, 0.4) is 0 Å². The van der Waals surface area contributed by atoms with Crippen LogP contribution in [0.5, 0.6) is 0 Å². The normalized spacial score (nSPS) is 27.0. The fourth-order valence-corrected chi connectivity index (χ4v) is 5.15. The Morgan fingerprint density at radius 2 is 1.65 bits per heavy atom. The van der Waals surface area contributed by atoms with Crippen molar-refractivity contribution in [3.63, 3.8) is 0 Å². The predicted octanol–water partition coefficient (Wildman–Crippen LogP) is 3.78. The van der Waals surface area contributed by atoms with Crippen molar-refractivity contribution in [1.29, 1.82) is 0 Å². The molecule has 2 aromatic carbocycles. The van der Waals surface area contributed by atoms with Gasteiger partial charge in [0.25, 0.3) is 0 Å². The zero-order chi connectivity index (χ0) is 18.3. The van der Waals surface area contributed by atoms with Gasteiger partial charge in [-0.2, -0.15) is 0 Å². The van der Waals surface area contributed by atoms with Crippen molar-refractivity contribution in [2.24, 2.45) is 4.99 Å². The van der Waals surface area contributed by atoms with Crippen LogP contribution < -0.4 is 5.11 Å². The average molecular weight is 347 g/mol. The number of nitrogens with zero attached hydrogens (tertiary/aromatic N) is 2. The largest absolute Gasteiger partial charge is 0.858 e. The second-order valence-corrected chi connectivity index (χ2v) is 7.96. The van der Waals surface area contributed by atoms with Crippen LogP contribution in [0, 0.1) is 13.8 Å². The Morgan fingerprint density at radius 3 is 2.19 bits per heavy atom. The summed E-state index contributed by atoms with van der Waals surface area (Å²) in [6.45, 7) is 4.00. The van der Waals surface area contributed by atoms with Crippen LogP contribution in [0.15, 0.2) is 53.5 Å². The van der Waals surface area contributed by atoms with Crippen LogP contribution in [0.25, 0.3) is 0 Å². The number of fused-ring (bicyclic) bond motifs is 2. The predicted molar refractivity (Wildman–Crippen MR) is 104 cm³/mol. The SMILES string of the molecule is Cc1cccc(C)c1C([O-])=NC(c1ccccc1)C12CCC(CC1)N2C. The highest BCUT2D eigenvalue weighted by atomic mass is 16.3. The summed E-state index contributed by atoms with van der Waals surface area (Å²) in [5, 5.41) is 13.2. The third-order valence-corrected chi connectivity index (χ3v) is 6.64. The first-order valence-electron chi connectivity index (χ1n) is 9.62. The first-order valence-corrected chi connectivity index (χ1v) is 9.62. The van der Waals surface area contributed by atoms with Gasteiger partial charge in [-0.25, -0.2) is 0 Å². The summed E-state index contributed by atoms with van der Waals surface area (Å²) < 4.78 is 0. The molecule has 0 amide bonds. The van der Waals surface area contributed by atoms with Gasteiger partial charge in [0.05, 0.1) is 6.04 Å². The zero-order valence-corrected chi connectivity index (χ0v) is 15.9. The average Bonchev–Trinajstić information content (AvgIpc) is 3.13. The highest BCUT2D eigenvalue weighted by molar-refractivity contribution is 5.94. The van der Waals surface area contributed by atoms with Gasteiger partial charge in [0.15, 0.2) is 0 Å². The Balaban J connectivity index is 1.82. The first-order chi connectivity index (χ1) is 12.5.